The molecule has 2 heterocycles. The van der Waals surface area contributed by atoms with Gasteiger partial charge in [-0.3, -0.25) is 4.79 Å². The number of carbonyl (C=O) groups excluding carboxylic acids is 1. The third-order valence-corrected chi connectivity index (χ3v) is 5.55. The summed E-state index contributed by atoms with van der Waals surface area (Å²) in [5.41, 5.74) is 2.10. The molecule has 152 valence electrons. The number of carbonyl (C=O) groups is 1. The minimum Gasteiger partial charge on any atom is -1.00 e. The fourth-order valence-corrected chi connectivity index (χ4v) is 3.91. The van der Waals surface area contributed by atoms with E-state index in [9.17, 15) is 4.79 Å². The molecule has 2 aliphatic heterocycles. The summed E-state index contributed by atoms with van der Waals surface area (Å²) >= 11 is 0. The van der Waals surface area contributed by atoms with Gasteiger partial charge in [0.1, 0.15) is 38.8 Å². The van der Waals surface area contributed by atoms with Gasteiger partial charge in [0, 0.05) is 11.1 Å². The minimum atomic E-state index is 0. The highest BCUT2D eigenvalue weighted by Gasteiger charge is 2.31. The van der Waals surface area contributed by atoms with Gasteiger partial charge in [0.2, 0.25) is 12.6 Å². The zero-order chi connectivity index (χ0) is 17.9. The molecule has 2 aromatic carbocycles. The highest BCUT2D eigenvalue weighted by molar-refractivity contribution is 5.98. The molecule has 1 unspecified atom stereocenters. The number of quaternary nitrogens is 2. The maximum Gasteiger partial charge on any atom is 0.231 e. The predicted molar refractivity (Wildman–Crippen MR) is 97.9 cm³/mol. The molecule has 0 radical (unpaired) electrons. The summed E-state index contributed by atoms with van der Waals surface area (Å²) in [7, 11) is 0. The van der Waals surface area contributed by atoms with Crippen molar-refractivity contribution in [3.05, 3.63) is 59.7 Å². The van der Waals surface area contributed by atoms with E-state index in [4.69, 9.17) is 9.47 Å². The van der Waals surface area contributed by atoms with Crippen LogP contribution in [0, 0.1) is 0 Å². The molecular weight excluding hydrogens is 399 g/mol. The first-order chi connectivity index (χ1) is 12.7. The molecule has 5 nitrogen and oxygen atoms in total. The van der Waals surface area contributed by atoms with E-state index in [1.165, 1.54) is 10.5 Å². The van der Waals surface area contributed by atoms with Crippen molar-refractivity contribution in [1.29, 1.82) is 0 Å². The summed E-state index contributed by atoms with van der Waals surface area (Å²) in [4.78, 5) is 15.6. The van der Waals surface area contributed by atoms with E-state index in [1.807, 2.05) is 36.4 Å². The SMILES string of the molecule is CC(C(=O)c1ccccc1)[NH+]1CC[NH+](Cc2ccc3c(c2)OCO3)CC1.[Cl-].[Cl-]. The lowest BCUT2D eigenvalue weighted by molar-refractivity contribution is -1.02. The van der Waals surface area contributed by atoms with Crippen LogP contribution in [-0.2, 0) is 6.54 Å². The number of Topliss-reactive ketones (excluding diaryl/α,β-unsaturated/α-hetero) is 1. The highest BCUT2D eigenvalue weighted by Crippen LogP contribution is 2.32. The number of hydrogen-bond donors (Lipinski definition) is 2. The lowest BCUT2D eigenvalue weighted by Gasteiger charge is -2.32. The largest absolute Gasteiger partial charge is 1.00 e. The van der Waals surface area contributed by atoms with E-state index >= 15 is 0 Å². The average molecular weight is 425 g/mol. The Morgan fingerprint density at radius 2 is 1.64 bits per heavy atom. The number of halogens is 2. The van der Waals surface area contributed by atoms with Gasteiger partial charge in [-0.05, 0) is 25.1 Å². The Labute approximate surface area is 178 Å². The quantitative estimate of drug-likeness (QED) is 0.469. The Morgan fingerprint density at radius 3 is 2.36 bits per heavy atom. The van der Waals surface area contributed by atoms with E-state index in [1.54, 1.807) is 4.90 Å². The second-order valence-electron chi connectivity index (χ2n) is 7.22. The molecule has 7 heteroatoms. The summed E-state index contributed by atoms with van der Waals surface area (Å²) in [6.07, 6.45) is 0. The molecule has 2 aliphatic rings. The zero-order valence-corrected chi connectivity index (χ0v) is 17.4. The standard InChI is InChI=1S/C21H24N2O3.2ClH/c1-16(21(24)18-5-3-2-4-6-18)23-11-9-22(10-12-23)14-17-7-8-19-20(13-17)26-15-25-19;;/h2-8,13,16H,9-12,14-15H2,1H3;2*1H. The van der Waals surface area contributed by atoms with Crippen molar-refractivity contribution in [1.82, 2.24) is 0 Å². The third-order valence-electron chi connectivity index (χ3n) is 5.55. The molecule has 1 atom stereocenters. The molecule has 1 fully saturated rings. The van der Waals surface area contributed by atoms with E-state index in [0.717, 1.165) is 49.8 Å². The predicted octanol–water partition coefficient (Wildman–Crippen LogP) is -6.02. The molecule has 2 N–H and O–H groups in total. The number of benzene rings is 2. The van der Waals surface area contributed by atoms with Crippen molar-refractivity contribution in [2.75, 3.05) is 33.0 Å². The Kier molecular flexibility index (Phi) is 8.13. The molecule has 0 amide bonds. The van der Waals surface area contributed by atoms with Gasteiger partial charge in [0.25, 0.3) is 0 Å². The Balaban J connectivity index is 0.00000140. The van der Waals surface area contributed by atoms with Gasteiger partial charge in [-0.2, -0.15) is 0 Å². The number of ether oxygens (including phenoxy) is 2. The van der Waals surface area contributed by atoms with Crippen LogP contribution < -0.4 is 44.1 Å². The average Bonchev–Trinajstić information content (AvgIpc) is 3.16. The van der Waals surface area contributed by atoms with E-state index in [-0.39, 0.29) is 36.6 Å². The van der Waals surface area contributed by atoms with Crippen LogP contribution in [0.15, 0.2) is 48.5 Å². The molecule has 0 aliphatic carbocycles. The van der Waals surface area contributed by atoms with Gasteiger partial charge in [0.15, 0.2) is 11.5 Å². The summed E-state index contributed by atoms with van der Waals surface area (Å²) in [6, 6.07) is 15.9. The Hall–Kier alpha value is -1.79. The van der Waals surface area contributed by atoms with Gasteiger partial charge < -0.3 is 44.1 Å². The molecule has 0 spiro atoms. The zero-order valence-electron chi connectivity index (χ0n) is 15.9. The van der Waals surface area contributed by atoms with Crippen LogP contribution in [-0.4, -0.2) is 44.8 Å². The molecule has 0 aromatic heterocycles. The van der Waals surface area contributed by atoms with Crippen LogP contribution in [0.3, 0.4) is 0 Å². The lowest BCUT2D eigenvalue weighted by atomic mass is 10.0. The van der Waals surface area contributed by atoms with Crippen molar-refractivity contribution in [2.24, 2.45) is 0 Å². The first-order valence-corrected chi connectivity index (χ1v) is 9.36. The Morgan fingerprint density at radius 1 is 0.964 bits per heavy atom. The third kappa shape index (κ3) is 4.97. The lowest BCUT2D eigenvalue weighted by Crippen LogP contribution is -3.29. The van der Waals surface area contributed by atoms with Gasteiger partial charge >= 0.3 is 0 Å². The molecule has 4 rings (SSSR count). The summed E-state index contributed by atoms with van der Waals surface area (Å²) in [5.74, 6) is 1.94. The fourth-order valence-electron chi connectivity index (χ4n) is 3.91. The summed E-state index contributed by atoms with van der Waals surface area (Å²) in [5, 5.41) is 0. The van der Waals surface area contributed by atoms with Crippen LogP contribution in [0.1, 0.15) is 22.8 Å². The monoisotopic (exact) mass is 424 g/mol. The first kappa shape index (κ1) is 22.5. The first-order valence-electron chi connectivity index (χ1n) is 9.36. The van der Waals surface area contributed by atoms with Crippen LogP contribution in [0.5, 0.6) is 11.5 Å². The van der Waals surface area contributed by atoms with Crippen molar-refractivity contribution in [2.45, 2.75) is 19.5 Å². The van der Waals surface area contributed by atoms with Crippen LogP contribution in [0.25, 0.3) is 0 Å². The summed E-state index contributed by atoms with van der Waals surface area (Å²) in [6.45, 7) is 7.59. The van der Waals surface area contributed by atoms with Crippen molar-refractivity contribution in [3.8, 4) is 11.5 Å². The van der Waals surface area contributed by atoms with Gasteiger partial charge in [0.05, 0.1) is 0 Å². The maximum atomic E-state index is 12.7. The van der Waals surface area contributed by atoms with Crippen LogP contribution in [0.2, 0.25) is 0 Å². The molecule has 1 saturated heterocycles. The smallest absolute Gasteiger partial charge is 0.231 e. The second kappa shape index (κ2) is 10.1. The fraction of sp³-hybridized carbons (Fsp3) is 0.381. The normalized spacial score (nSPS) is 21.2. The van der Waals surface area contributed by atoms with Crippen molar-refractivity contribution >= 4 is 5.78 Å². The minimum absolute atomic E-state index is 0. The van der Waals surface area contributed by atoms with Gasteiger partial charge in [-0.1, -0.05) is 30.3 Å². The number of ketones is 1. The van der Waals surface area contributed by atoms with E-state index in [0.29, 0.717) is 6.79 Å². The number of nitrogens with one attached hydrogen (secondary N) is 2. The molecule has 0 bridgehead atoms. The van der Waals surface area contributed by atoms with E-state index < -0.39 is 0 Å². The highest BCUT2D eigenvalue weighted by atomic mass is 35.5. The second-order valence-corrected chi connectivity index (χ2v) is 7.22. The van der Waals surface area contributed by atoms with Crippen molar-refractivity contribution in [3.63, 3.8) is 0 Å². The number of fused-ring (bicyclic) bond motifs is 1. The van der Waals surface area contributed by atoms with Gasteiger partial charge in [-0.15, -0.1) is 0 Å². The molecular formula is C21H26Cl2N2O3. The van der Waals surface area contributed by atoms with E-state index in [2.05, 4.69) is 19.1 Å². The Bertz CT molecular complexity index is 780. The van der Waals surface area contributed by atoms with Crippen molar-refractivity contribution < 1.29 is 48.9 Å². The topological polar surface area (TPSA) is 44.4 Å². The molecule has 28 heavy (non-hydrogen) atoms. The number of rotatable bonds is 5. The number of hydrogen-bond acceptors (Lipinski definition) is 3. The molecule has 0 saturated carbocycles. The van der Waals surface area contributed by atoms with Gasteiger partial charge in [-0.25, -0.2) is 0 Å². The van der Waals surface area contributed by atoms with Crippen LogP contribution >= 0.6 is 0 Å². The maximum absolute atomic E-state index is 12.7. The summed E-state index contributed by atoms with van der Waals surface area (Å²) < 4.78 is 10.9. The number of piperazine rings is 1. The van der Waals surface area contributed by atoms with Crippen LogP contribution in [0.4, 0.5) is 0 Å². The molecule has 2 aromatic rings.